The molecule has 2 aromatic rings. The van der Waals surface area contributed by atoms with Crippen molar-refractivity contribution in [1.29, 1.82) is 5.26 Å². The molecule has 0 bridgehead atoms. The molecule has 9 heteroatoms. The quantitative estimate of drug-likeness (QED) is 0.699. The largest absolute Gasteiger partial charge is 0.493 e. The summed E-state index contributed by atoms with van der Waals surface area (Å²) in [5, 5.41) is 15.7. The highest BCUT2D eigenvalue weighted by atomic mass is 32.1. The Kier molecular flexibility index (Phi) is 4.90. The molecule has 0 unspecified atom stereocenters. The second kappa shape index (κ2) is 7.64. The van der Waals surface area contributed by atoms with Gasteiger partial charge in [0.25, 0.3) is 5.91 Å². The number of thiophene rings is 1. The van der Waals surface area contributed by atoms with Crippen LogP contribution in [0.15, 0.2) is 24.3 Å². The Bertz CT molecular complexity index is 1180. The lowest BCUT2D eigenvalue weighted by Gasteiger charge is -2.33. The van der Waals surface area contributed by atoms with Crippen molar-refractivity contribution in [2.45, 2.75) is 38.1 Å². The van der Waals surface area contributed by atoms with E-state index in [1.807, 2.05) is 0 Å². The van der Waals surface area contributed by atoms with Crippen molar-refractivity contribution in [3.63, 3.8) is 0 Å². The molecule has 164 valence electrons. The molecule has 2 N–H and O–H groups in total. The van der Waals surface area contributed by atoms with Crippen LogP contribution in [-0.4, -0.2) is 35.9 Å². The Balaban J connectivity index is 1.36. The van der Waals surface area contributed by atoms with Crippen molar-refractivity contribution in [2.24, 2.45) is 5.92 Å². The van der Waals surface area contributed by atoms with Gasteiger partial charge in [-0.3, -0.25) is 14.5 Å². The molecule has 2 atom stereocenters. The molecule has 32 heavy (non-hydrogen) atoms. The number of para-hydroxylation sites is 1. The number of urea groups is 1. The van der Waals surface area contributed by atoms with Crippen molar-refractivity contribution in [3.8, 4) is 11.8 Å². The van der Waals surface area contributed by atoms with Crippen molar-refractivity contribution in [1.82, 2.24) is 10.2 Å². The van der Waals surface area contributed by atoms with E-state index in [0.29, 0.717) is 34.2 Å². The van der Waals surface area contributed by atoms with Crippen molar-refractivity contribution >= 4 is 34.2 Å². The van der Waals surface area contributed by atoms with E-state index in [1.165, 1.54) is 11.3 Å². The van der Waals surface area contributed by atoms with E-state index in [-0.39, 0.29) is 6.61 Å². The minimum atomic E-state index is -1.22. The zero-order valence-electron chi connectivity index (χ0n) is 17.6. The topological polar surface area (TPSA) is 112 Å². The number of anilines is 1. The number of nitriles is 1. The first-order valence-electron chi connectivity index (χ1n) is 10.6. The highest BCUT2D eigenvalue weighted by Crippen LogP contribution is 2.41. The Labute approximate surface area is 189 Å². The number of rotatable bonds is 3. The molecule has 0 saturated carbocycles. The maximum atomic E-state index is 13.3. The van der Waals surface area contributed by atoms with Crippen molar-refractivity contribution in [3.05, 3.63) is 45.8 Å². The number of hydrogen-bond donors (Lipinski definition) is 2. The number of benzene rings is 1. The zero-order valence-corrected chi connectivity index (χ0v) is 18.4. The molecule has 1 aromatic heterocycles. The predicted octanol–water partition coefficient (Wildman–Crippen LogP) is 2.91. The van der Waals surface area contributed by atoms with Crippen LogP contribution in [0, 0.1) is 17.2 Å². The molecule has 1 aliphatic carbocycles. The first kappa shape index (κ1) is 20.5. The van der Waals surface area contributed by atoms with Gasteiger partial charge in [0.15, 0.2) is 5.54 Å². The maximum absolute atomic E-state index is 13.3. The SMILES string of the molecule is C[C@@H]1CCc2c(sc(NC(=O)CN3C(=O)N[C@]4(CCOc5ccccc54)C3=O)c2C#N)C1. The second-order valence-corrected chi connectivity index (χ2v) is 9.64. The molecule has 3 heterocycles. The molecule has 8 nitrogen and oxygen atoms in total. The third-order valence-electron chi connectivity index (χ3n) is 6.44. The fourth-order valence-electron chi connectivity index (χ4n) is 4.78. The van der Waals surface area contributed by atoms with Gasteiger partial charge in [-0.25, -0.2) is 4.79 Å². The lowest BCUT2D eigenvalue weighted by Crippen LogP contribution is -2.48. The summed E-state index contributed by atoms with van der Waals surface area (Å²) in [7, 11) is 0. The number of ether oxygens (including phenoxy) is 1. The van der Waals surface area contributed by atoms with Crippen LogP contribution in [0.2, 0.25) is 0 Å². The monoisotopic (exact) mass is 450 g/mol. The molecular weight excluding hydrogens is 428 g/mol. The number of fused-ring (bicyclic) bond motifs is 3. The minimum absolute atomic E-state index is 0.285. The fraction of sp³-hybridized carbons (Fsp3) is 0.391. The summed E-state index contributed by atoms with van der Waals surface area (Å²) in [5.74, 6) is 0.124. The lowest BCUT2D eigenvalue weighted by atomic mass is 9.84. The van der Waals surface area contributed by atoms with Crippen LogP contribution >= 0.6 is 11.3 Å². The van der Waals surface area contributed by atoms with Gasteiger partial charge >= 0.3 is 6.03 Å². The summed E-state index contributed by atoms with van der Waals surface area (Å²) in [5.41, 5.74) is 0.887. The average Bonchev–Trinajstić information content (AvgIpc) is 3.23. The summed E-state index contributed by atoms with van der Waals surface area (Å²) in [6.45, 7) is 2.04. The molecule has 1 spiro atoms. The number of carbonyl (C=O) groups is 3. The van der Waals surface area contributed by atoms with Gasteiger partial charge in [-0.2, -0.15) is 5.26 Å². The Hall–Kier alpha value is -3.38. The average molecular weight is 451 g/mol. The third kappa shape index (κ3) is 3.14. The van der Waals surface area contributed by atoms with Crippen LogP contribution in [0.25, 0.3) is 0 Å². The number of nitrogens with zero attached hydrogens (tertiary/aromatic N) is 2. The Morgan fingerprint density at radius 3 is 3.03 bits per heavy atom. The number of imide groups is 1. The summed E-state index contributed by atoms with van der Waals surface area (Å²) in [6, 6.07) is 8.71. The van der Waals surface area contributed by atoms with Gasteiger partial charge in [-0.1, -0.05) is 25.1 Å². The van der Waals surface area contributed by atoms with Crippen LogP contribution in [0.4, 0.5) is 9.80 Å². The summed E-state index contributed by atoms with van der Waals surface area (Å²) in [6.07, 6.45) is 3.02. The normalized spacial score (nSPS) is 23.8. The predicted molar refractivity (Wildman–Crippen MR) is 117 cm³/mol. The third-order valence-corrected chi connectivity index (χ3v) is 7.61. The van der Waals surface area contributed by atoms with Crippen LogP contribution in [0.3, 0.4) is 0 Å². The van der Waals surface area contributed by atoms with E-state index >= 15 is 0 Å². The highest BCUT2D eigenvalue weighted by molar-refractivity contribution is 7.16. The summed E-state index contributed by atoms with van der Waals surface area (Å²) < 4.78 is 5.63. The van der Waals surface area contributed by atoms with Crippen molar-refractivity contribution in [2.75, 3.05) is 18.5 Å². The van der Waals surface area contributed by atoms with Gasteiger partial charge in [-0.05, 0) is 36.8 Å². The smallest absolute Gasteiger partial charge is 0.325 e. The Morgan fingerprint density at radius 1 is 1.41 bits per heavy atom. The zero-order chi connectivity index (χ0) is 22.5. The molecule has 1 aromatic carbocycles. The summed E-state index contributed by atoms with van der Waals surface area (Å²) >= 11 is 1.42. The van der Waals surface area contributed by atoms with E-state index < -0.39 is 29.9 Å². The van der Waals surface area contributed by atoms with Crippen LogP contribution in [0.1, 0.15) is 41.3 Å². The van der Waals surface area contributed by atoms with E-state index in [0.717, 1.165) is 34.6 Å². The second-order valence-electron chi connectivity index (χ2n) is 8.54. The van der Waals surface area contributed by atoms with Crippen LogP contribution in [0.5, 0.6) is 5.75 Å². The van der Waals surface area contributed by atoms with Gasteiger partial charge in [0, 0.05) is 16.9 Å². The fourth-order valence-corrected chi connectivity index (χ4v) is 6.16. The summed E-state index contributed by atoms with van der Waals surface area (Å²) in [4.78, 5) is 40.9. The molecule has 2 aliphatic heterocycles. The van der Waals surface area contributed by atoms with Gasteiger partial charge in [0.1, 0.15) is 23.4 Å². The number of nitrogens with one attached hydrogen (secondary N) is 2. The maximum Gasteiger partial charge on any atom is 0.325 e. The molecule has 5 rings (SSSR count). The van der Waals surface area contributed by atoms with Gasteiger partial charge < -0.3 is 15.4 Å². The standard InChI is InChI=1S/C23H22N4O4S/c1-13-6-7-14-15(11-24)20(32-18(14)10-13)25-19(28)12-27-21(29)23(26-22(27)30)8-9-31-17-5-3-2-4-16(17)23/h2-5,13H,6-10,12H2,1H3,(H,25,28)(H,26,30)/t13-,23+/m1/s1. The van der Waals surface area contributed by atoms with E-state index in [4.69, 9.17) is 4.74 Å². The van der Waals surface area contributed by atoms with Gasteiger partial charge in [0.05, 0.1) is 12.2 Å². The van der Waals surface area contributed by atoms with Gasteiger partial charge in [-0.15, -0.1) is 11.3 Å². The van der Waals surface area contributed by atoms with E-state index in [2.05, 4.69) is 23.6 Å². The first-order valence-corrected chi connectivity index (χ1v) is 11.5. The highest BCUT2D eigenvalue weighted by Gasteiger charge is 2.55. The molecular formula is C23H22N4O4S. The van der Waals surface area contributed by atoms with E-state index in [9.17, 15) is 19.6 Å². The number of amides is 4. The van der Waals surface area contributed by atoms with E-state index in [1.54, 1.807) is 24.3 Å². The molecule has 0 radical (unpaired) electrons. The van der Waals surface area contributed by atoms with Crippen molar-refractivity contribution < 1.29 is 19.1 Å². The van der Waals surface area contributed by atoms with Crippen LogP contribution < -0.4 is 15.4 Å². The van der Waals surface area contributed by atoms with Gasteiger partial charge in [0.2, 0.25) is 5.91 Å². The minimum Gasteiger partial charge on any atom is -0.493 e. The first-order chi connectivity index (χ1) is 15.4. The molecule has 1 saturated heterocycles. The Morgan fingerprint density at radius 2 is 2.22 bits per heavy atom. The van der Waals surface area contributed by atoms with Crippen LogP contribution in [-0.2, 0) is 28.0 Å². The molecule has 4 amide bonds. The number of carbonyl (C=O) groups excluding carboxylic acids is 3. The lowest BCUT2D eigenvalue weighted by molar-refractivity contribution is -0.135. The number of hydrogen-bond acceptors (Lipinski definition) is 6. The molecule has 1 fully saturated rings. The molecule has 3 aliphatic rings.